The summed E-state index contributed by atoms with van der Waals surface area (Å²) in [7, 11) is -3.50. The summed E-state index contributed by atoms with van der Waals surface area (Å²) in [6, 6.07) is 8.69. The molecule has 0 aliphatic rings. The Morgan fingerprint density at radius 3 is 2.41 bits per heavy atom. The van der Waals surface area contributed by atoms with Gasteiger partial charge in [0.15, 0.2) is 15.6 Å². The van der Waals surface area contributed by atoms with E-state index in [1.54, 1.807) is 18.2 Å². The van der Waals surface area contributed by atoms with Crippen LogP contribution in [0.1, 0.15) is 40.1 Å². The van der Waals surface area contributed by atoms with E-state index in [9.17, 15) is 18.0 Å². The highest BCUT2D eigenvalue weighted by Gasteiger charge is 2.18. The molecule has 0 heterocycles. The SMILES string of the molecule is CCOc1ccc(C(C)=O)cc1COC(=O)c1cc(S(C)(=O)=O)ccc1Cl. The summed E-state index contributed by atoms with van der Waals surface area (Å²) < 4.78 is 34.1. The molecule has 0 aromatic heterocycles. The molecule has 6 nitrogen and oxygen atoms in total. The number of Topliss-reactive ketones (excluding diaryl/α,β-unsaturated/α-hetero) is 1. The molecule has 2 aromatic rings. The van der Waals surface area contributed by atoms with Crippen LogP contribution < -0.4 is 4.74 Å². The molecule has 0 amide bonds. The van der Waals surface area contributed by atoms with Crippen molar-refractivity contribution < 1.29 is 27.5 Å². The number of hydrogen-bond acceptors (Lipinski definition) is 6. The van der Waals surface area contributed by atoms with E-state index < -0.39 is 15.8 Å². The Balaban J connectivity index is 2.27. The highest BCUT2D eigenvalue weighted by Crippen LogP contribution is 2.25. The topological polar surface area (TPSA) is 86.7 Å². The second-order valence-corrected chi connectivity index (χ2v) is 8.22. The van der Waals surface area contributed by atoms with Gasteiger partial charge in [-0.1, -0.05) is 11.6 Å². The summed E-state index contributed by atoms with van der Waals surface area (Å²) in [6.45, 7) is 3.49. The number of carbonyl (C=O) groups is 2. The predicted octanol–water partition coefficient (Wildman–Crippen LogP) is 3.70. The lowest BCUT2D eigenvalue weighted by molar-refractivity contribution is 0.0469. The van der Waals surface area contributed by atoms with Crippen molar-refractivity contribution in [1.29, 1.82) is 0 Å². The van der Waals surface area contributed by atoms with Gasteiger partial charge in [0.1, 0.15) is 12.4 Å². The van der Waals surface area contributed by atoms with Crippen LogP contribution in [0.5, 0.6) is 5.75 Å². The van der Waals surface area contributed by atoms with E-state index in [0.29, 0.717) is 23.5 Å². The van der Waals surface area contributed by atoms with Gasteiger partial charge in [-0.15, -0.1) is 0 Å². The average Bonchev–Trinajstić information content (AvgIpc) is 2.60. The van der Waals surface area contributed by atoms with Crippen molar-refractivity contribution in [3.8, 4) is 5.75 Å². The van der Waals surface area contributed by atoms with Crippen LogP contribution in [0, 0.1) is 0 Å². The molecule has 2 aromatic carbocycles. The Morgan fingerprint density at radius 2 is 1.81 bits per heavy atom. The van der Waals surface area contributed by atoms with E-state index in [-0.39, 0.29) is 27.9 Å². The van der Waals surface area contributed by atoms with Crippen LogP contribution in [-0.4, -0.2) is 33.0 Å². The second kappa shape index (κ2) is 8.54. The van der Waals surface area contributed by atoms with Gasteiger partial charge in [0.05, 0.1) is 22.1 Å². The van der Waals surface area contributed by atoms with Crippen molar-refractivity contribution in [2.24, 2.45) is 0 Å². The van der Waals surface area contributed by atoms with Crippen molar-refractivity contribution in [2.75, 3.05) is 12.9 Å². The van der Waals surface area contributed by atoms with Crippen LogP contribution in [0.15, 0.2) is 41.3 Å². The zero-order chi connectivity index (χ0) is 20.2. The first-order valence-electron chi connectivity index (χ1n) is 8.07. The van der Waals surface area contributed by atoms with E-state index in [0.717, 1.165) is 6.26 Å². The molecule has 0 atom stereocenters. The molecule has 2 rings (SSSR count). The third-order valence-electron chi connectivity index (χ3n) is 3.71. The first kappa shape index (κ1) is 20.9. The van der Waals surface area contributed by atoms with Crippen LogP contribution in [-0.2, 0) is 21.2 Å². The fraction of sp³-hybridized carbons (Fsp3) is 0.263. The third-order valence-corrected chi connectivity index (χ3v) is 5.15. The first-order chi connectivity index (χ1) is 12.6. The van der Waals surface area contributed by atoms with Crippen molar-refractivity contribution in [3.63, 3.8) is 0 Å². The molecule has 0 saturated carbocycles. The van der Waals surface area contributed by atoms with Crippen LogP contribution in [0.25, 0.3) is 0 Å². The van der Waals surface area contributed by atoms with Gasteiger partial charge >= 0.3 is 5.97 Å². The molecule has 144 valence electrons. The molecule has 0 aliphatic carbocycles. The first-order valence-corrected chi connectivity index (χ1v) is 10.3. The molecule has 0 saturated heterocycles. The molecule has 0 spiro atoms. The van der Waals surface area contributed by atoms with Gasteiger partial charge in [-0.3, -0.25) is 4.79 Å². The van der Waals surface area contributed by atoms with Crippen LogP contribution in [0.2, 0.25) is 5.02 Å². The van der Waals surface area contributed by atoms with Gasteiger partial charge in [0.25, 0.3) is 0 Å². The Hall–Kier alpha value is -2.38. The summed E-state index contributed by atoms with van der Waals surface area (Å²) in [5.74, 6) is -0.415. The Morgan fingerprint density at radius 1 is 1.11 bits per heavy atom. The molecule has 8 heteroatoms. The maximum absolute atomic E-state index is 12.4. The molecule has 0 bridgehead atoms. The van der Waals surface area contributed by atoms with Gasteiger partial charge in [-0.2, -0.15) is 0 Å². The molecule has 0 aliphatic heterocycles. The molecule has 0 fully saturated rings. The summed E-state index contributed by atoms with van der Waals surface area (Å²) in [4.78, 5) is 23.9. The van der Waals surface area contributed by atoms with Crippen LogP contribution in [0.4, 0.5) is 0 Å². The summed E-state index contributed by atoms with van der Waals surface area (Å²) in [5, 5.41) is 0.0786. The number of benzene rings is 2. The third kappa shape index (κ3) is 5.30. The van der Waals surface area contributed by atoms with E-state index in [2.05, 4.69) is 0 Å². The zero-order valence-corrected chi connectivity index (χ0v) is 16.7. The molecular formula is C19H19ClO6S. The lowest BCUT2D eigenvalue weighted by Gasteiger charge is -2.13. The summed E-state index contributed by atoms with van der Waals surface area (Å²) in [6.07, 6.45) is 1.03. The number of carbonyl (C=O) groups excluding carboxylic acids is 2. The van der Waals surface area contributed by atoms with Gasteiger partial charge < -0.3 is 9.47 Å². The highest BCUT2D eigenvalue weighted by atomic mass is 35.5. The summed E-state index contributed by atoms with van der Waals surface area (Å²) in [5.41, 5.74) is 0.926. The smallest absolute Gasteiger partial charge is 0.340 e. The maximum atomic E-state index is 12.4. The quantitative estimate of drug-likeness (QED) is 0.511. The van der Waals surface area contributed by atoms with E-state index in [4.69, 9.17) is 21.1 Å². The summed E-state index contributed by atoms with van der Waals surface area (Å²) >= 11 is 6.01. The maximum Gasteiger partial charge on any atom is 0.340 e. The number of rotatable bonds is 7. The standard InChI is InChI=1S/C19H19ClO6S/c1-4-25-18-8-5-13(12(2)21)9-14(18)11-26-19(22)16-10-15(27(3,23)24)6-7-17(16)20/h5-10H,4,11H2,1-3H3. The van der Waals surface area contributed by atoms with Crippen molar-refractivity contribution in [1.82, 2.24) is 0 Å². The molecule has 27 heavy (non-hydrogen) atoms. The number of hydrogen-bond donors (Lipinski definition) is 0. The minimum atomic E-state index is -3.50. The van der Waals surface area contributed by atoms with Crippen LogP contribution >= 0.6 is 11.6 Å². The largest absolute Gasteiger partial charge is 0.493 e. The minimum Gasteiger partial charge on any atom is -0.493 e. The van der Waals surface area contributed by atoms with Crippen molar-refractivity contribution in [3.05, 3.63) is 58.1 Å². The minimum absolute atomic E-state index is 0.0348. The van der Waals surface area contributed by atoms with Gasteiger partial charge in [-0.25, -0.2) is 13.2 Å². The fourth-order valence-corrected chi connectivity index (χ4v) is 3.16. The van der Waals surface area contributed by atoms with Gasteiger partial charge in [0.2, 0.25) is 0 Å². The number of ether oxygens (including phenoxy) is 2. The Kier molecular flexibility index (Phi) is 6.62. The van der Waals surface area contributed by atoms with E-state index in [1.807, 2.05) is 6.92 Å². The van der Waals surface area contributed by atoms with Crippen LogP contribution in [0.3, 0.4) is 0 Å². The average molecular weight is 411 g/mol. The molecule has 0 unspecified atom stereocenters. The lowest BCUT2D eigenvalue weighted by atomic mass is 10.1. The zero-order valence-electron chi connectivity index (χ0n) is 15.1. The Bertz CT molecular complexity index is 982. The lowest BCUT2D eigenvalue weighted by Crippen LogP contribution is -2.09. The molecule has 0 N–H and O–H groups in total. The van der Waals surface area contributed by atoms with Gasteiger partial charge in [0, 0.05) is 17.4 Å². The normalized spacial score (nSPS) is 11.1. The predicted molar refractivity (Wildman–Crippen MR) is 101 cm³/mol. The fourth-order valence-electron chi connectivity index (χ4n) is 2.32. The number of esters is 1. The number of sulfone groups is 1. The monoisotopic (exact) mass is 410 g/mol. The van der Waals surface area contributed by atoms with Crippen molar-refractivity contribution in [2.45, 2.75) is 25.3 Å². The van der Waals surface area contributed by atoms with E-state index in [1.165, 1.54) is 25.1 Å². The second-order valence-electron chi connectivity index (χ2n) is 5.80. The van der Waals surface area contributed by atoms with E-state index >= 15 is 0 Å². The number of halogens is 1. The van der Waals surface area contributed by atoms with Crippen molar-refractivity contribution >= 4 is 33.2 Å². The number of ketones is 1. The highest BCUT2D eigenvalue weighted by molar-refractivity contribution is 7.90. The molecular weight excluding hydrogens is 392 g/mol. The molecule has 0 radical (unpaired) electrons. The Labute approximate surface area is 163 Å². The van der Waals surface area contributed by atoms with Gasteiger partial charge in [-0.05, 0) is 50.2 Å².